The first-order chi connectivity index (χ1) is 16.4. The van der Waals surface area contributed by atoms with Gasteiger partial charge in [-0.05, 0) is 42.8 Å². The lowest BCUT2D eigenvalue weighted by molar-refractivity contribution is 0.0470. The molecular weight excluding hydrogens is 440 g/mol. The minimum atomic E-state index is -0.666. The van der Waals surface area contributed by atoms with Gasteiger partial charge in [-0.25, -0.2) is 13.6 Å². The highest BCUT2D eigenvalue weighted by molar-refractivity contribution is 6.06. The number of hydrogen-bond donors (Lipinski definition) is 1. The van der Waals surface area contributed by atoms with Gasteiger partial charge >= 0.3 is 5.97 Å². The van der Waals surface area contributed by atoms with Gasteiger partial charge in [0.05, 0.1) is 17.4 Å². The van der Waals surface area contributed by atoms with E-state index in [2.05, 4.69) is 9.97 Å². The molecule has 0 aliphatic rings. The molecule has 2 heterocycles. The number of fused-ring (bicyclic) bond motifs is 1. The van der Waals surface area contributed by atoms with Crippen LogP contribution in [0.4, 0.5) is 8.78 Å². The summed E-state index contributed by atoms with van der Waals surface area (Å²) in [6, 6.07) is 16.1. The molecule has 2 aromatic heterocycles. The number of pyridine rings is 2. The van der Waals surface area contributed by atoms with Crippen molar-refractivity contribution in [2.45, 2.75) is 26.0 Å². The second-order valence-electron chi connectivity index (χ2n) is 7.87. The van der Waals surface area contributed by atoms with E-state index in [1.165, 1.54) is 12.1 Å². The molecule has 0 amide bonds. The second kappa shape index (κ2) is 10.4. The van der Waals surface area contributed by atoms with Crippen LogP contribution >= 0.6 is 0 Å². The number of halogens is 2. The number of carbonyl (C=O) groups is 1. The number of esters is 1. The summed E-state index contributed by atoms with van der Waals surface area (Å²) in [4.78, 5) is 21.3. The Balaban J connectivity index is 1.54. The lowest BCUT2D eigenvalue weighted by Gasteiger charge is -2.17. The first-order valence-electron chi connectivity index (χ1n) is 10.7. The maximum absolute atomic E-state index is 14.0. The van der Waals surface area contributed by atoms with Gasteiger partial charge in [0.25, 0.3) is 0 Å². The van der Waals surface area contributed by atoms with E-state index in [1.807, 2.05) is 30.3 Å². The van der Waals surface area contributed by atoms with E-state index in [0.717, 1.165) is 11.8 Å². The fraction of sp³-hybridized carbons (Fsp3) is 0.192. The van der Waals surface area contributed by atoms with Crippen LogP contribution in [0.3, 0.4) is 0 Å². The quantitative estimate of drug-likeness (QED) is 0.387. The van der Waals surface area contributed by atoms with Crippen LogP contribution in [-0.4, -0.2) is 28.6 Å². The van der Waals surface area contributed by atoms with E-state index in [0.29, 0.717) is 17.6 Å². The zero-order valence-corrected chi connectivity index (χ0v) is 18.5. The largest absolute Gasteiger partial charge is 0.491 e. The van der Waals surface area contributed by atoms with Crippen LogP contribution in [0.1, 0.15) is 27.3 Å². The van der Waals surface area contributed by atoms with Gasteiger partial charge in [0.2, 0.25) is 0 Å². The minimum absolute atomic E-state index is 0.0469. The van der Waals surface area contributed by atoms with Crippen molar-refractivity contribution in [3.05, 3.63) is 101 Å². The van der Waals surface area contributed by atoms with Crippen LogP contribution in [0.5, 0.6) is 5.75 Å². The van der Waals surface area contributed by atoms with Crippen LogP contribution in [0.15, 0.2) is 66.9 Å². The van der Waals surface area contributed by atoms with E-state index in [-0.39, 0.29) is 41.4 Å². The van der Waals surface area contributed by atoms with Crippen molar-refractivity contribution in [1.29, 1.82) is 0 Å². The van der Waals surface area contributed by atoms with E-state index < -0.39 is 17.8 Å². The van der Waals surface area contributed by atoms with Crippen molar-refractivity contribution < 1.29 is 23.0 Å². The summed E-state index contributed by atoms with van der Waals surface area (Å²) in [5, 5.41) is 0.278. The molecule has 34 heavy (non-hydrogen) atoms. The fourth-order valence-corrected chi connectivity index (χ4v) is 3.51. The molecule has 0 bridgehead atoms. The van der Waals surface area contributed by atoms with Crippen molar-refractivity contribution >= 4 is 16.9 Å². The van der Waals surface area contributed by atoms with Gasteiger partial charge < -0.3 is 15.2 Å². The number of rotatable bonds is 8. The standard InChI is InChI=1S/C26H23F2N3O3/c1-16-22(28)8-7-20(31-16)12-19(29)15-33-24-10-9-23-21(11-18(27)13-30-23)25(24)26(32)34-14-17-5-3-2-4-6-17/h2-11,13,19H,12,14-15,29H2,1H3/t19-/m1/s1. The summed E-state index contributed by atoms with van der Waals surface area (Å²) in [6.07, 6.45) is 1.42. The molecule has 0 saturated carbocycles. The molecule has 0 unspecified atom stereocenters. The number of nitrogens with zero attached hydrogens (tertiary/aromatic N) is 2. The van der Waals surface area contributed by atoms with Crippen LogP contribution in [0, 0.1) is 18.6 Å². The number of benzene rings is 2. The Hall–Kier alpha value is -3.91. The average molecular weight is 463 g/mol. The zero-order chi connectivity index (χ0) is 24.1. The lowest BCUT2D eigenvalue weighted by atomic mass is 10.1. The van der Waals surface area contributed by atoms with E-state index in [9.17, 15) is 13.6 Å². The van der Waals surface area contributed by atoms with Crippen LogP contribution in [0.25, 0.3) is 10.9 Å². The molecular formula is C26H23F2N3O3. The lowest BCUT2D eigenvalue weighted by Crippen LogP contribution is -2.31. The number of hydrogen-bond acceptors (Lipinski definition) is 6. The Morgan fingerprint density at radius 2 is 1.88 bits per heavy atom. The van der Waals surface area contributed by atoms with Crippen molar-refractivity contribution in [1.82, 2.24) is 9.97 Å². The normalized spacial score (nSPS) is 11.9. The van der Waals surface area contributed by atoms with Gasteiger partial charge in [0.1, 0.15) is 36.2 Å². The van der Waals surface area contributed by atoms with E-state index in [1.54, 1.807) is 25.1 Å². The van der Waals surface area contributed by atoms with Crippen LogP contribution in [0.2, 0.25) is 0 Å². The molecule has 1 atom stereocenters. The molecule has 0 radical (unpaired) electrons. The number of nitrogens with two attached hydrogens (primary N) is 1. The Kier molecular flexibility index (Phi) is 7.08. The number of aryl methyl sites for hydroxylation is 1. The SMILES string of the molecule is Cc1nc(C[C@@H](N)COc2ccc3ncc(F)cc3c2C(=O)OCc2ccccc2)ccc1F. The van der Waals surface area contributed by atoms with E-state index in [4.69, 9.17) is 15.2 Å². The first kappa shape index (κ1) is 23.3. The number of aromatic nitrogens is 2. The van der Waals surface area contributed by atoms with Crippen molar-refractivity contribution in [2.75, 3.05) is 6.61 Å². The molecule has 4 aromatic rings. The van der Waals surface area contributed by atoms with Gasteiger partial charge in [-0.2, -0.15) is 0 Å². The van der Waals surface area contributed by atoms with Crippen molar-refractivity contribution in [3.63, 3.8) is 0 Å². The van der Waals surface area contributed by atoms with Gasteiger partial charge in [0, 0.05) is 23.5 Å². The molecule has 174 valence electrons. The molecule has 2 N–H and O–H groups in total. The summed E-state index contributed by atoms with van der Waals surface area (Å²) in [7, 11) is 0. The summed E-state index contributed by atoms with van der Waals surface area (Å²) in [6.45, 7) is 1.68. The van der Waals surface area contributed by atoms with Crippen LogP contribution < -0.4 is 10.5 Å². The Morgan fingerprint density at radius 3 is 2.65 bits per heavy atom. The monoisotopic (exact) mass is 463 g/mol. The van der Waals surface area contributed by atoms with Crippen molar-refractivity contribution in [3.8, 4) is 5.75 Å². The fourth-order valence-electron chi connectivity index (χ4n) is 3.51. The predicted molar refractivity (Wildman–Crippen MR) is 123 cm³/mol. The van der Waals surface area contributed by atoms with Crippen molar-refractivity contribution in [2.24, 2.45) is 5.73 Å². The Morgan fingerprint density at radius 1 is 1.09 bits per heavy atom. The van der Waals surface area contributed by atoms with Gasteiger partial charge in [-0.3, -0.25) is 9.97 Å². The maximum Gasteiger partial charge on any atom is 0.342 e. The van der Waals surface area contributed by atoms with Gasteiger partial charge in [0.15, 0.2) is 0 Å². The van der Waals surface area contributed by atoms with E-state index >= 15 is 0 Å². The maximum atomic E-state index is 14.0. The number of carbonyl (C=O) groups excluding carboxylic acids is 1. The van der Waals surface area contributed by atoms with Gasteiger partial charge in [-0.1, -0.05) is 30.3 Å². The van der Waals surface area contributed by atoms with Gasteiger partial charge in [-0.15, -0.1) is 0 Å². The summed E-state index contributed by atoms with van der Waals surface area (Å²) in [5.74, 6) is -1.43. The minimum Gasteiger partial charge on any atom is -0.491 e. The Bertz CT molecular complexity index is 1320. The molecule has 0 saturated heterocycles. The third kappa shape index (κ3) is 5.52. The molecule has 4 rings (SSSR count). The summed E-state index contributed by atoms with van der Waals surface area (Å²) >= 11 is 0. The molecule has 0 aliphatic heterocycles. The first-order valence-corrected chi connectivity index (χ1v) is 10.7. The molecule has 6 nitrogen and oxygen atoms in total. The summed E-state index contributed by atoms with van der Waals surface area (Å²) in [5.41, 5.74) is 8.42. The third-order valence-electron chi connectivity index (χ3n) is 5.21. The third-order valence-corrected chi connectivity index (χ3v) is 5.21. The second-order valence-corrected chi connectivity index (χ2v) is 7.87. The molecule has 0 aliphatic carbocycles. The predicted octanol–water partition coefficient (Wildman–Crippen LogP) is 4.52. The average Bonchev–Trinajstić information content (AvgIpc) is 2.83. The highest BCUT2D eigenvalue weighted by Gasteiger charge is 2.21. The smallest absolute Gasteiger partial charge is 0.342 e. The summed E-state index contributed by atoms with van der Waals surface area (Å²) < 4.78 is 38.8. The highest BCUT2D eigenvalue weighted by Crippen LogP contribution is 2.29. The zero-order valence-electron chi connectivity index (χ0n) is 18.5. The molecule has 8 heteroatoms. The number of ether oxygens (including phenoxy) is 2. The topological polar surface area (TPSA) is 87.3 Å². The highest BCUT2D eigenvalue weighted by atomic mass is 19.1. The Labute approximate surface area is 195 Å². The molecule has 0 spiro atoms. The molecule has 0 fully saturated rings. The molecule has 2 aromatic carbocycles. The van der Waals surface area contributed by atoms with Crippen LogP contribution in [-0.2, 0) is 17.8 Å².